The van der Waals surface area contributed by atoms with E-state index in [0.717, 1.165) is 36.1 Å². The summed E-state index contributed by atoms with van der Waals surface area (Å²) in [5.74, 6) is -0.485. The molecule has 7 nitrogen and oxygen atoms in total. The van der Waals surface area contributed by atoms with Crippen molar-refractivity contribution < 1.29 is 9.53 Å². The number of nitrogens with one attached hydrogen (secondary N) is 1. The third-order valence-electron chi connectivity index (χ3n) is 6.44. The normalized spacial score (nSPS) is 24.8. The van der Waals surface area contributed by atoms with Crippen molar-refractivity contribution in [2.24, 2.45) is 0 Å². The van der Waals surface area contributed by atoms with E-state index in [2.05, 4.69) is 16.4 Å². The van der Waals surface area contributed by atoms with Gasteiger partial charge in [0.1, 0.15) is 11.8 Å². The van der Waals surface area contributed by atoms with Crippen molar-refractivity contribution in [1.29, 1.82) is 5.26 Å². The van der Waals surface area contributed by atoms with E-state index in [1.165, 1.54) is 13.1 Å². The predicted octanol–water partition coefficient (Wildman–Crippen LogP) is 4.00. The molecule has 1 saturated carbocycles. The molecule has 30 heavy (non-hydrogen) atoms. The van der Waals surface area contributed by atoms with Gasteiger partial charge in [0.2, 0.25) is 5.88 Å². The number of aryl methyl sites for hydroxylation is 1. The Kier molecular flexibility index (Phi) is 4.01. The number of fused-ring (bicyclic) bond motifs is 5. The van der Waals surface area contributed by atoms with Crippen molar-refractivity contribution >= 4 is 17.3 Å². The molecule has 1 amide bonds. The van der Waals surface area contributed by atoms with Gasteiger partial charge >= 0.3 is 5.91 Å². The van der Waals surface area contributed by atoms with Gasteiger partial charge in [-0.3, -0.25) is 4.65 Å². The summed E-state index contributed by atoms with van der Waals surface area (Å²) in [4.78, 5) is 17.9. The SMILES string of the molecule is CC1=C2C(=O)[N+](C)([O-])c3cc(C#N)ccc3C2c2c(OC3CCC3)ncc(C)c2N1. The molecule has 1 aliphatic carbocycles. The third-order valence-corrected chi connectivity index (χ3v) is 6.44. The largest absolute Gasteiger partial charge is 0.620 e. The maximum Gasteiger partial charge on any atom is 0.349 e. The van der Waals surface area contributed by atoms with Crippen molar-refractivity contribution in [1.82, 2.24) is 9.63 Å². The zero-order valence-corrected chi connectivity index (χ0v) is 17.2. The zero-order valence-electron chi connectivity index (χ0n) is 17.2. The molecular formula is C23H22N4O3. The second kappa shape index (κ2) is 6.39. The van der Waals surface area contributed by atoms with Crippen LogP contribution in [-0.4, -0.2) is 24.0 Å². The first kappa shape index (κ1) is 18.8. The quantitative estimate of drug-likeness (QED) is 0.602. The summed E-state index contributed by atoms with van der Waals surface area (Å²) < 4.78 is 5.04. The van der Waals surface area contributed by atoms with Crippen molar-refractivity contribution in [3.8, 4) is 11.9 Å². The molecule has 7 heteroatoms. The number of allylic oxidation sites excluding steroid dienone is 1. The van der Waals surface area contributed by atoms with Crippen molar-refractivity contribution in [3.05, 3.63) is 63.1 Å². The number of hydroxylamine groups is 2. The Labute approximate surface area is 174 Å². The molecule has 152 valence electrons. The predicted molar refractivity (Wildman–Crippen MR) is 113 cm³/mol. The minimum atomic E-state index is -1.18. The second-order valence-electron chi connectivity index (χ2n) is 8.42. The van der Waals surface area contributed by atoms with Gasteiger partial charge in [-0.1, -0.05) is 6.07 Å². The summed E-state index contributed by atoms with van der Waals surface area (Å²) in [5, 5.41) is 26.1. The number of hydrogen-bond donors (Lipinski definition) is 1. The van der Waals surface area contributed by atoms with E-state index < -0.39 is 16.5 Å². The first-order valence-corrected chi connectivity index (χ1v) is 10.1. The highest BCUT2D eigenvalue weighted by atomic mass is 16.6. The standard InChI is InChI=1S/C23H22N4O3/c1-12-11-25-22(30-15-5-4-6-15)20-19-16-8-7-14(10-24)9-17(16)27(3,29)23(28)18(19)13(2)26-21(12)20/h7-9,11,15,19,26H,4-6H2,1-3H3. The summed E-state index contributed by atoms with van der Waals surface area (Å²) in [7, 11) is 1.33. The van der Waals surface area contributed by atoms with Gasteiger partial charge < -0.3 is 15.3 Å². The summed E-state index contributed by atoms with van der Waals surface area (Å²) in [6.07, 6.45) is 5.01. The summed E-state index contributed by atoms with van der Waals surface area (Å²) in [6.45, 7) is 3.78. The first-order valence-electron chi connectivity index (χ1n) is 10.1. The molecule has 2 aromatic rings. The fourth-order valence-corrected chi connectivity index (χ4v) is 4.56. The van der Waals surface area contributed by atoms with Crippen LogP contribution in [0.5, 0.6) is 5.88 Å². The van der Waals surface area contributed by atoms with E-state index >= 15 is 0 Å². The molecule has 2 aliphatic heterocycles. The number of quaternary nitrogens is 1. The molecule has 1 aromatic heterocycles. The fourth-order valence-electron chi connectivity index (χ4n) is 4.56. The van der Waals surface area contributed by atoms with Gasteiger partial charge in [0.25, 0.3) is 0 Å². The number of benzene rings is 1. The molecule has 0 bridgehead atoms. The lowest BCUT2D eigenvalue weighted by Crippen LogP contribution is -2.51. The van der Waals surface area contributed by atoms with Crippen molar-refractivity contribution in [2.75, 3.05) is 12.4 Å². The average molecular weight is 402 g/mol. The van der Waals surface area contributed by atoms with Gasteiger partial charge in [-0.05, 0) is 44.7 Å². The van der Waals surface area contributed by atoms with Crippen LogP contribution in [0.25, 0.3) is 0 Å². The number of pyridine rings is 1. The van der Waals surface area contributed by atoms with Crippen LogP contribution >= 0.6 is 0 Å². The van der Waals surface area contributed by atoms with Crippen LogP contribution in [0.15, 0.2) is 35.7 Å². The average Bonchev–Trinajstić information content (AvgIpc) is 2.69. The lowest BCUT2D eigenvalue weighted by Gasteiger charge is -2.45. The van der Waals surface area contributed by atoms with Gasteiger partial charge in [-0.15, -0.1) is 0 Å². The Morgan fingerprint density at radius 1 is 1.33 bits per heavy atom. The smallest absolute Gasteiger partial charge is 0.349 e. The molecule has 2 atom stereocenters. The fraction of sp³-hybridized carbons (Fsp3) is 0.348. The van der Waals surface area contributed by atoms with Gasteiger partial charge in [-0.2, -0.15) is 5.26 Å². The van der Waals surface area contributed by atoms with Gasteiger partial charge in [-0.25, -0.2) is 9.78 Å². The number of carbonyl (C=O) groups is 1. The Bertz CT molecular complexity index is 1170. The molecule has 1 fully saturated rings. The maximum absolute atomic E-state index is 13.4. The van der Waals surface area contributed by atoms with Crippen LogP contribution in [0.2, 0.25) is 0 Å². The van der Waals surface area contributed by atoms with Gasteiger partial charge in [0.05, 0.1) is 41.4 Å². The molecule has 0 spiro atoms. The third kappa shape index (κ3) is 2.51. The van der Waals surface area contributed by atoms with Crippen LogP contribution in [0.1, 0.15) is 54.4 Å². The number of carbonyl (C=O) groups excluding carboxylic acids is 1. The highest BCUT2D eigenvalue weighted by Gasteiger charge is 2.48. The molecule has 0 saturated heterocycles. The van der Waals surface area contributed by atoms with Crippen LogP contribution in [0, 0.1) is 23.5 Å². The van der Waals surface area contributed by atoms with Crippen LogP contribution in [-0.2, 0) is 4.79 Å². The van der Waals surface area contributed by atoms with E-state index in [1.807, 2.05) is 13.8 Å². The number of nitriles is 1. The minimum Gasteiger partial charge on any atom is -0.620 e. The Hall–Kier alpha value is -3.21. The molecule has 1 N–H and O–H groups in total. The number of hydrogen-bond acceptors (Lipinski definition) is 6. The molecule has 0 radical (unpaired) electrons. The van der Waals surface area contributed by atoms with Crippen LogP contribution in [0.3, 0.4) is 0 Å². The molecule has 3 aliphatic rings. The number of aromatic nitrogens is 1. The second-order valence-corrected chi connectivity index (χ2v) is 8.42. The van der Waals surface area contributed by atoms with E-state index in [4.69, 9.17) is 4.74 Å². The number of amides is 1. The molecular weight excluding hydrogens is 380 g/mol. The minimum absolute atomic E-state index is 0.125. The van der Waals surface area contributed by atoms with Crippen molar-refractivity contribution in [3.63, 3.8) is 0 Å². The molecule has 2 unspecified atom stereocenters. The first-order chi connectivity index (χ1) is 14.3. The van der Waals surface area contributed by atoms with Gasteiger partial charge in [0, 0.05) is 23.5 Å². The van der Waals surface area contributed by atoms with Crippen molar-refractivity contribution in [2.45, 2.75) is 45.1 Å². The van der Waals surface area contributed by atoms with Crippen LogP contribution < -0.4 is 14.7 Å². The highest BCUT2D eigenvalue weighted by molar-refractivity contribution is 6.09. The van der Waals surface area contributed by atoms with Gasteiger partial charge in [0.15, 0.2) is 0 Å². The molecule has 1 aromatic carbocycles. The summed E-state index contributed by atoms with van der Waals surface area (Å²) in [5.41, 5.74) is 5.07. The van der Waals surface area contributed by atoms with E-state index in [0.29, 0.717) is 34.0 Å². The van der Waals surface area contributed by atoms with E-state index in [-0.39, 0.29) is 6.10 Å². The monoisotopic (exact) mass is 402 g/mol. The zero-order chi connectivity index (χ0) is 21.2. The van der Waals surface area contributed by atoms with E-state index in [9.17, 15) is 15.3 Å². The molecule has 3 heterocycles. The lowest BCUT2D eigenvalue weighted by molar-refractivity contribution is -0.123. The Morgan fingerprint density at radius 2 is 2.10 bits per heavy atom. The number of ether oxygens (including phenoxy) is 1. The number of likely N-dealkylation sites (N-methyl/N-ethyl adjacent to an activating group) is 1. The Morgan fingerprint density at radius 3 is 2.77 bits per heavy atom. The summed E-state index contributed by atoms with van der Waals surface area (Å²) >= 11 is 0. The number of anilines is 1. The Balaban J connectivity index is 1.79. The number of rotatable bonds is 2. The lowest BCUT2D eigenvalue weighted by atomic mass is 9.76. The number of nitrogens with zero attached hydrogens (tertiary/aromatic N) is 3. The van der Waals surface area contributed by atoms with E-state index in [1.54, 1.807) is 18.3 Å². The summed E-state index contributed by atoms with van der Waals surface area (Å²) in [6, 6.07) is 7.08. The highest BCUT2D eigenvalue weighted by Crippen LogP contribution is 2.53. The topological polar surface area (TPSA) is 98.1 Å². The molecule has 5 rings (SSSR count). The maximum atomic E-state index is 13.4. The van der Waals surface area contributed by atoms with Crippen LogP contribution in [0.4, 0.5) is 11.4 Å².